The zero-order valence-corrected chi connectivity index (χ0v) is 13.6. The minimum Gasteiger partial charge on any atom is -0.319 e. The first-order chi connectivity index (χ1) is 9.90. The molecule has 21 heavy (non-hydrogen) atoms. The quantitative estimate of drug-likeness (QED) is 0.871. The van der Waals surface area contributed by atoms with Gasteiger partial charge in [0.2, 0.25) is 0 Å². The van der Waals surface area contributed by atoms with Gasteiger partial charge >= 0.3 is 6.18 Å². The second-order valence-corrected chi connectivity index (χ2v) is 6.52. The first-order valence-corrected chi connectivity index (χ1v) is 7.92. The molecule has 1 aromatic rings. The number of hydrogen-bond acceptors (Lipinski definition) is 2. The van der Waals surface area contributed by atoms with Crippen molar-refractivity contribution in [3.63, 3.8) is 0 Å². The summed E-state index contributed by atoms with van der Waals surface area (Å²) in [6, 6.07) is 4.43. The average molecular weight is 365 g/mol. The van der Waals surface area contributed by atoms with Crippen molar-refractivity contribution in [3.8, 4) is 0 Å². The molecule has 1 atom stereocenters. The van der Waals surface area contributed by atoms with Gasteiger partial charge in [-0.05, 0) is 56.6 Å². The summed E-state index contributed by atoms with van der Waals surface area (Å²) in [5.41, 5.74) is -0.177. The van der Waals surface area contributed by atoms with E-state index in [-0.39, 0.29) is 0 Å². The van der Waals surface area contributed by atoms with Crippen molar-refractivity contribution >= 4 is 15.9 Å². The predicted octanol–water partition coefficient (Wildman–Crippen LogP) is 3.90. The number of rotatable bonds is 4. The molecule has 1 unspecified atom stereocenters. The van der Waals surface area contributed by atoms with Crippen LogP contribution in [-0.2, 0) is 12.7 Å². The molecule has 2 rings (SSSR count). The van der Waals surface area contributed by atoms with Crippen LogP contribution >= 0.6 is 15.9 Å². The van der Waals surface area contributed by atoms with E-state index in [2.05, 4.69) is 26.1 Å². The summed E-state index contributed by atoms with van der Waals surface area (Å²) in [7, 11) is 1.91. The van der Waals surface area contributed by atoms with Crippen molar-refractivity contribution in [2.75, 3.05) is 26.7 Å². The molecule has 1 heterocycles. The monoisotopic (exact) mass is 364 g/mol. The van der Waals surface area contributed by atoms with Crippen molar-refractivity contribution in [1.82, 2.24) is 10.2 Å². The van der Waals surface area contributed by atoms with E-state index in [1.54, 1.807) is 12.1 Å². The lowest BCUT2D eigenvalue weighted by Crippen LogP contribution is -2.38. The minimum absolute atomic E-state index is 0.357. The van der Waals surface area contributed by atoms with Crippen molar-refractivity contribution in [2.45, 2.75) is 25.6 Å². The molecule has 1 aromatic carbocycles. The van der Waals surface area contributed by atoms with Crippen LogP contribution in [0.15, 0.2) is 22.7 Å². The van der Waals surface area contributed by atoms with E-state index in [4.69, 9.17) is 0 Å². The lowest BCUT2D eigenvalue weighted by Gasteiger charge is -2.33. The Kier molecular flexibility index (Phi) is 5.68. The third kappa shape index (κ3) is 4.69. The highest BCUT2D eigenvalue weighted by atomic mass is 79.9. The zero-order chi connectivity index (χ0) is 15.5. The Hall–Kier alpha value is -0.590. The minimum atomic E-state index is -4.31. The SMILES string of the molecule is CNCC1CCCN(Cc2ccc(Br)cc2C(F)(F)F)C1. The largest absolute Gasteiger partial charge is 0.416 e. The van der Waals surface area contributed by atoms with Gasteiger partial charge in [-0.25, -0.2) is 0 Å². The molecule has 0 amide bonds. The summed E-state index contributed by atoms with van der Waals surface area (Å²) in [6.45, 7) is 3.01. The number of alkyl halides is 3. The third-order valence-corrected chi connectivity index (χ3v) is 4.36. The van der Waals surface area contributed by atoms with E-state index in [0.717, 1.165) is 32.5 Å². The fourth-order valence-electron chi connectivity index (χ4n) is 2.94. The van der Waals surface area contributed by atoms with Crippen LogP contribution in [0.2, 0.25) is 0 Å². The summed E-state index contributed by atoms with van der Waals surface area (Å²) in [6.07, 6.45) is -2.12. The number of nitrogens with one attached hydrogen (secondary N) is 1. The van der Waals surface area contributed by atoms with Crippen LogP contribution in [0.4, 0.5) is 13.2 Å². The van der Waals surface area contributed by atoms with Crippen LogP contribution in [0.1, 0.15) is 24.0 Å². The molecule has 1 aliphatic heterocycles. The van der Waals surface area contributed by atoms with Gasteiger partial charge in [0, 0.05) is 17.6 Å². The summed E-state index contributed by atoms with van der Waals surface area (Å²) in [4.78, 5) is 2.13. The van der Waals surface area contributed by atoms with Gasteiger partial charge in [-0.3, -0.25) is 4.90 Å². The van der Waals surface area contributed by atoms with Gasteiger partial charge in [-0.2, -0.15) is 13.2 Å². The van der Waals surface area contributed by atoms with E-state index < -0.39 is 11.7 Å². The molecule has 1 fully saturated rings. The Morgan fingerprint density at radius 3 is 2.81 bits per heavy atom. The van der Waals surface area contributed by atoms with E-state index in [1.807, 2.05) is 7.05 Å². The first-order valence-electron chi connectivity index (χ1n) is 7.12. The topological polar surface area (TPSA) is 15.3 Å². The average Bonchev–Trinajstić information content (AvgIpc) is 2.40. The second-order valence-electron chi connectivity index (χ2n) is 5.60. The molecule has 0 aromatic heterocycles. The summed E-state index contributed by atoms with van der Waals surface area (Å²) >= 11 is 3.12. The van der Waals surface area contributed by atoms with Crippen LogP contribution in [0.5, 0.6) is 0 Å². The Bertz CT molecular complexity index is 474. The van der Waals surface area contributed by atoms with E-state index >= 15 is 0 Å². The fourth-order valence-corrected chi connectivity index (χ4v) is 3.30. The van der Waals surface area contributed by atoms with Crippen molar-refractivity contribution in [3.05, 3.63) is 33.8 Å². The van der Waals surface area contributed by atoms with E-state index in [9.17, 15) is 13.2 Å². The molecule has 1 saturated heterocycles. The maximum atomic E-state index is 13.1. The smallest absolute Gasteiger partial charge is 0.319 e. The molecule has 6 heteroatoms. The molecular formula is C15H20BrF3N2. The number of halogens is 4. The number of hydrogen-bond donors (Lipinski definition) is 1. The van der Waals surface area contributed by atoms with Gasteiger partial charge in [-0.1, -0.05) is 22.0 Å². The maximum Gasteiger partial charge on any atom is 0.416 e. The highest BCUT2D eigenvalue weighted by Gasteiger charge is 2.34. The van der Waals surface area contributed by atoms with Gasteiger partial charge in [0.25, 0.3) is 0 Å². The van der Waals surface area contributed by atoms with Crippen LogP contribution in [0.3, 0.4) is 0 Å². The Morgan fingerprint density at radius 2 is 2.14 bits per heavy atom. The second kappa shape index (κ2) is 7.11. The fraction of sp³-hybridized carbons (Fsp3) is 0.600. The van der Waals surface area contributed by atoms with Gasteiger partial charge in [0.1, 0.15) is 0 Å². The first kappa shape index (κ1) is 16.8. The van der Waals surface area contributed by atoms with E-state index in [1.165, 1.54) is 6.07 Å². The van der Waals surface area contributed by atoms with E-state index in [0.29, 0.717) is 22.5 Å². The number of benzene rings is 1. The highest BCUT2D eigenvalue weighted by Crippen LogP contribution is 2.34. The number of nitrogens with zero attached hydrogens (tertiary/aromatic N) is 1. The molecule has 0 bridgehead atoms. The predicted molar refractivity (Wildman–Crippen MR) is 81.1 cm³/mol. The normalized spacial score (nSPS) is 20.7. The van der Waals surface area contributed by atoms with Gasteiger partial charge < -0.3 is 5.32 Å². The van der Waals surface area contributed by atoms with Gasteiger partial charge in [0.05, 0.1) is 5.56 Å². The van der Waals surface area contributed by atoms with Crippen LogP contribution < -0.4 is 5.32 Å². The standard InChI is InChI=1S/C15H20BrF3N2/c1-20-8-11-3-2-6-21(9-11)10-12-4-5-13(16)7-14(12)15(17,18)19/h4-5,7,11,20H,2-3,6,8-10H2,1H3. The van der Waals surface area contributed by atoms with Crippen molar-refractivity contribution in [1.29, 1.82) is 0 Å². The molecular weight excluding hydrogens is 345 g/mol. The zero-order valence-electron chi connectivity index (χ0n) is 12.0. The molecule has 1 N–H and O–H groups in total. The van der Waals surface area contributed by atoms with Gasteiger partial charge in [0.15, 0.2) is 0 Å². The lowest BCUT2D eigenvalue weighted by atomic mass is 9.97. The maximum absolute atomic E-state index is 13.1. The summed E-state index contributed by atoms with van der Waals surface area (Å²) in [5.74, 6) is 0.522. The molecule has 0 saturated carbocycles. The Labute approximate surface area is 131 Å². The molecule has 0 aliphatic carbocycles. The van der Waals surface area contributed by atoms with Crippen LogP contribution in [-0.4, -0.2) is 31.6 Å². The Balaban J connectivity index is 2.12. The number of likely N-dealkylation sites (tertiary alicyclic amines) is 1. The summed E-state index contributed by atoms with van der Waals surface area (Å²) in [5, 5.41) is 3.15. The molecule has 0 radical (unpaired) electrons. The highest BCUT2D eigenvalue weighted by molar-refractivity contribution is 9.10. The summed E-state index contributed by atoms with van der Waals surface area (Å²) < 4.78 is 39.9. The van der Waals surface area contributed by atoms with Crippen LogP contribution in [0.25, 0.3) is 0 Å². The molecule has 0 spiro atoms. The molecule has 1 aliphatic rings. The number of piperidine rings is 1. The van der Waals surface area contributed by atoms with Crippen molar-refractivity contribution < 1.29 is 13.2 Å². The molecule has 118 valence electrons. The lowest BCUT2D eigenvalue weighted by molar-refractivity contribution is -0.138. The van der Waals surface area contributed by atoms with Crippen LogP contribution in [0, 0.1) is 5.92 Å². The molecule has 2 nitrogen and oxygen atoms in total. The van der Waals surface area contributed by atoms with Crippen molar-refractivity contribution in [2.24, 2.45) is 5.92 Å². The van der Waals surface area contributed by atoms with Gasteiger partial charge in [-0.15, -0.1) is 0 Å². The third-order valence-electron chi connectivity index (χ3n) is 3.87. The Morgan fingerprint density at radius 1 is 1.38 bits per heavy atom.